The summed E-state index contributed by atoms with van der Waals surface area (Å²) in [5.74, 6) is 0.903. The molecule has 0 atom stereocenters. The first-order valence-corrected chi connectivity index (χ1v) is 15.3. The normalized spacial score (nSPS) is 11.2. The maximum Gasteiger partial charge on any atom is 0.316 e. The number of pyridine rings is 1. The van der Waals surface area contributed by atoms with Crippen LogP contribution in [0.25, 0.3) is 0 Å². The number of unbranched alkanes of at least 4 members (excludes halogenated alkanes) is 13. The molecule has 0 spiro atoms. The van der Waals surface area contributed by atoms with Crippen molar-refractivity contribution in [1.82, 2.24) is 5.32 Å². The van der Waals surface area contributed by atoms with Crippen LogP contribution in [0.3, 0.4) is 0 Å². The van der Waals surface area contributed by atoms with Gasteiger partial charge in [-0.05, 0) is 41.2 Å². The molecule has 0 aliphatic carbocycles. The van der Waals surface area contributed by atoms with Crippen molar-refractivity contribution in [3.63, 3.8) is 0 Å². The lowest BCUT2D eigenvalue weighted by Crippen LogP contribution is -3.00. The highest BCUT2D eigenvalue weighted by molar-refractivity contribution is 5.90. The van der Waals surface area contributed by atoms with Gasteiger partial charge in [-0.15, -0.1) is 0 Å². The Morgan fingerprint density at radius 2 is 1.38 bits per heavy atom. The van der Waals surface area contributed by atoms with E-state index in [0.717, 1.165) is 24.3 Å². The molecule has 39 heavy (non-hydrogen) atoms. The molecule has 2 aromatic rings. The first-order valence-electron chi connectivity index (χ1n) is 15.3. The summed E-state index contributed by atoms with van der Waals surface area (Å²) in [7, 11) is 1.89. The first-order chi connectivity index (χ1) is 18.3. The second kappa shape index (κ2) is 20.3. The smallest absolute Gasteiger partial charge is 0.316 e. The van der Waals surface area contributed by atoms with E-state index in [1.165, 1.54) is 89.0 Å². The molecule has 0 bridgehead atoms. The monoisotopic (exact) mass is 650 g/mol. The van der Waals surface area contributed by atoms with Crippen molar-refractivity contribution in [2.75, 3.05) is 6.61 Å². The van der Waals surface area contributed by atoms with Crippen molar-refractivity contribution >= 4 is 5.91 Å². The molecule has 1 aromatic carbocycles. The van der Waals surface area contributed by atoms with E-state index in [1.807, 2.05) is 36.0 Å². The third-order valence-electron chi connectivity index (χ3n) is 7.35. The molecule has 2 rings (SSSR count). The van der Waals surface area contributed by atoms with Crippen LogP contribution in [-0.4, -0.2) is 12.5 Å². The number of aromatic nitrogens is 1. The second-order valence-electron chi connectivity index (χ2n) is 11.9. The van der Waals surface area contributed by atoms with Gasteiger partial charge in [0.05, 0.1) is 6.61 Å². The van der Waals surface area contributed by atoms with E-state index >= 15 is 0 Å². The van der Waals surface area contributed by atoms with Crippen LogP contribution in [0.15, 0.2) is 42.6 Å². The molecule has 0 saturated heterocycles. The van der Waals surface area contributed by atoms with Crippen LogP contribution in [-0.2, 0) is 19.0 Å². The lowest BCUT2D eigenvalue weighted by Gasteiger charge is -2.24. The summed E-state index contributed by atoms with van der Waals surface area (Å²) in [6.45, 7) is 10.2. The summed E-state index contributed by atoms with van der Waals surface area (Å²) in [5, 5.41) is 3.05. The van der Waals surface area contributed by atoms with Crippen molar-refractivity contribution in [3.8, 4) is 5.75 Å². The molecule has 0 aliphatic rings. The SMILES string of the molecule is CCCCCCCCCCCCCCCCOc1ccc(CNC(=O)c2cccc[n+]2C)cc1C(C)(C)C.[I-]. The number of hydrogen-bond donors (Lipinski definition) is 1. The summed E-state index contributed by atoms with van der Waals surface area (Å²) in [4.78, 5) is 12.6. The van der Waals surface area contributed by atoms with Gasteiger partial charge in [0.2, 0.25) is 0 Å². The lowest BCUT2D eigenvalue weighted by atomic mass is 9.85. The fourth-order valence-electron chi connectivity index (χ4n) is 4.91. The number of ether oxygens (including phenoxy) is 1. The van der Waals surface area contributed by atoms with Crippen molar-refractivity contribution in [1.29, 1.82) is 0 Å². The van der Waals surface area contributed by atoms with E-state index in [9.17, 15) is 4.79 Å². The Hall–Kier alpha value is -1.63. The zero-order chi connectivity index (χ0) is 27.6. The van der Waals surface area contributed by atoms with E-state index in [2.05, 4.69) is 51.2 Å². The Kier molecular flexibility index (Phi) is 18.4. The van der Waals surface area contributed by atoms with Gasteiger partial charge >= 0.3 is 5.91 Å². The van der Waals surface area contributed by atoms with Crippen LogP contribution in [0.2, 0.25) is 0 Å². The highest BCUT2D eigenvalue weighted by Gasteiger charge is 2.20. The molecule has 220 valence electrons. The predicted octanol–water partition coefficient (Wildman–Crippen LogP) is 5.60. The van der Waals surface area contributed by atoms with Gasteiger partial charge in [0, 0.05) is 18.7 Å². The third kappa shape index (κ3) is 14.5. The van der Waals surface area contributed by atoms with Crippen molar-refractivity contribution < 1.29 is 38.1 Å². The summed E-state index contributed by atoms with van der Waals surface area (Å²) >= 11 is 0. The number of hydrogen-bond acceptors (Lipinski definition) is 2. The number of rotatable bonds is 19. The fourth-order valence-corrected chi connectivity index (χ4v) is 4.91. The van der Waals surface area contributed by atoms with Crippen LogP contribution >= 0.6 is 0 Å². The minimum absolute atomic E-state index is 0. The molecule has 0 saturated carbocycles. The van der Waals surface area contributed by atoms with Gasteiger partial charge in [-0.3, -0.25) is 4.79 Å². The van der Waals surface area contributed by atoms with Gasteiger partial charge < -0.3 is 34.0 Å². The van der Waals surface area contributed by atoms with E-state index in [-0.39, 0.29) is 35.3 Å². The molecule has 1 aromatic heterocycles. The van der Waals surface area contributed by atoms with Gasteiger partial charge in [-0.2, -0.15) is 4.57 Å². The van der Waals surface area contributed by atoms with Gasteiger partial charge in [-0.1, -0.05) is 117 Å². The number of carbonyl (C=O) groups excluding carboxylic acids is 1. The van der Waals surface area contributed by atoms with Crippen LogP contribution in [0.5, 0.6) is 5.75 Å². The number of aryl methyl sites for hydroxylation is 1. The number of nitrogens with zero attached hydrogens (tertiary/aromatic N) is 1. The van der Waals surface area contributed by atoms with Gasteiger partial charge in [0.1, 0.15) is 12.8 Å². The topological polar surface area (TPSA) is 42.2 Å². The van der Waals surface area contributed by atoms with E-state index in [1.54, 1.807) is 0 Å². The van der Waals surface area contributed by atoms with Crippen LogP contribution in [0, 0.1) is 0 Å². The number of halogens is 1. The molecule has 0 unspecified atom stereocenters. The summed E-state index contributed by atoms with van der Waals surface area (Å²) in [6.07, 6.45) is 21.0. The van der Waals surface area contributed by atoms with Crippen LogP contribution < -0.4 is 38.6 Å². The maximum absolute atomic E-state index is 12.6. The molecule has 0 aliphatic heterocycles. The molecular weight excluding hydrogens is 595 g/mol. The molecule has 1 N–H and O–H groups in total. The summed E-state index contributed by atoms with van der Waals surface area (Å²) < 4.78 is 8.08. The van der Waals surface area contributed by atoms with Crippen molar-refractivity contribution in [2.24, 2.45) is 7.05 Å². The molecule has 0 radical (unpaired) electrons. The zero-order valence-electron chi connectivity index (χ0n) is 25.5. The highest BCUT2D eigenvalue weighted by atomic mass is 127. The second-order valence-corrected chi connectivity index (χ2v) is 11.9. The van der Waals surface area contributed by atoms with E-state index in [0.29, 0.717) is 12.2 Å². The maximum atomic E-state index is 12.6. The molecule has 1 heterocycles. The lowest BCUT2D eigenvalue weighted by molar-refractivity contribution is -0.673. The standard InChI is InChI=1S/C34H54N2O2.HI/c1-6-7-8-9-10-11-12-13-14-15-16-17-18-21-26-38-32-24-23-29(27-30(32)34(2,3)4)28-35-33(37)31-22-19-20-25-36(31)5;/h19-20,22-25,27H,6-18,21,26,28H2,1-5H3;1H. The summed E-state index contributed by atoms with van der Waals surface area (Å²) in [5.41, 5.74) is 2.90. The molecule has 4 nitrogen and oxygen atoms in total. The van der Waals surface area contributed by atoms with Gasteiger partial charge in [0.25, 0.3) is 5.69 Å². The molecular formula is C34H55IN2O2. The van der Waals surface area contributed by atoms with Crippen LogP contribution in [0.1, 0.15) is 139 Å². The van der Waals surface area contributed by atoms with Crippen LogP contribution in [0.4, 0.5) is 0 Å². The molecule has 0 fully saturated rings. The predicted molar refractivity (Wildman–Crippen MR) is 160 cm³/mol. The third-order valence-corrected chi connectivity index (χ3v) is 7.35. The zero-order valence-corrected chi connectivity index (χ0v) is 27.7. The highest BCUT2D eigenvalue weighted by Crippen LogP contribution is 2.32. The van der Waals surface area contributed by atoms with Gasteiger partial charge in [-0.25, -0.2) is 0 Å². The summed E-state index contributed by atoms with van der Waals surface area (Å²) in [6, 6.07) is 12.0. The Balaban J connectivity index is 0.00000760. The number of amides is 1. The Labute approximate surface area is 256 Å². The van der Waals surface area contributed by atoms with E-state index in [4.69, 9.17) is 4.74 Å². The number of carbonyl (C=O) groups is 1. The van der Waals surface area contributed by atoms with E-state index < -0.39 is 0 Å². The average Bonchev–Trinajstić information content (AvgIpc) is 2.89. The minimum Gasteiger partial charge on any atom is -1.00 e. The average molecular weight is 651 g/mol. The number of nitrogens with one attached hydrogen (secondary N) is 1. The first kappa shape index (κ1) is 35.4. The Morgan fingerprint density at radius 3 is 1.92 bits per heavy atom. The Morgan fingerprint density at radius 1 is 0.821 bits per heavy atom. The quantitative estimate of drug-likeness (QED) is 0.122. The molecule has 5 heteroatoms. The number of benzene rings is 1. The van der Waals surface area contributed by atoms with Gasteiger partial charge in [0.15, 0.2) is 6.20 Å². The molecule has 1 amide bonds. The fraction of sp³-hybridized carbons (Fsp3) is 0.647. The minimum atomic E-state index is -0.0662. The Bertz CT molecular complexity index is 939. The largest absolute Gasteiger partial charge is 1.00 e. The van der Waals surface area contributed by atoms with Crippen molar-refractivity contribution in [3.05, 3.63) is 59.4 Å². The van der Waals surface area contributed by atoms with Crippen molar-refractivity contribution in [2.45, 2.75) is 130 Å².